The second-order valence-electron chi connectivity index (χ2n) is 3.58. The van der Waals surface area contributed by atoms with Crippen LogP contribution in [0.25, 0.3) is 10.2 Å². The highest BCUT2D eigenvalue weighted by molar-refractivity contribution is 7.16. The van der Waals surface area contributed by atoms with Crippen molar-refractivity contribution in [1.29, 1.82) is 0 Å². The van der Waals surface area contributed by atoms with E-state index in [9.17, 15) is 9.59 Å². The molecule has 16 heavy (non-hydrogen) atoms. The highest BCUT2D eigenvalue weighted by Gasteiger charge is 2.10. The number of aromatic nitrogens is 1. The van der Waals surface area contributed by atoms with Crippen molar-refractivity contribution in [2.75, 3.05) is 0 Å². The van der Waals surface area contributed by atoms with Gasteiger partial charge in [-0.15, -0.1) is 0 Å². The molecule has 4 nitrogen and oxygen atoms in total. The first-order valence-electron chi connectivity index (χ1n) is 4.90. The first-order valence-corrected chi connectivity index (χ1v) is 5.72. The zero-order valence-electron chi connectivity index (χ0n) is 8.77. The largest absolute Gasteiger partial charge is 0.481 e. The summed E-state index contributed by atoms with van der Waals surface area (Å²) in [6.45, 7) is 2.16. The molecule has 0 bridgehead atoms. The Balaban J connectivity index is 2.55. The van der Waals surface area contributed by atoms with Crippen molar-refractivity contribution < 1.29 is 9.90 Å². The molecular weight excluding hydrogens is 226 g/mol. The molecule has 1 N–H and O–H groups in total. The molecule has 1 heterocycles. The molecule has 1 aromatic heterocycles. The summed E-state index contributed by atoms with van der Waals surface area (Å²) >= 11 is 1.16. The van der Waals surface area contributed by atoms with Gasteiger partial charge in [0.05, 0.1) is 16.6 Å². The van der Waals surface area contributed by atoms with Crippen LogP contribution in [0.5, 0.6) is 0 Å². The fourth-order valence-electron chi connectivity index (χ4n) is 1.71. The van der Waals surface area contributed by atoms with Gasteiger partial charge in [-0.1, -0.05) is 23.5 Å². The van der Waals surface area contributed by atoms with Crippen LogP contribution >= 0.6 is 11.3 Å². The molecule has 0 saturated carbocycles. The van der Waals surface area contributed by atoms with Gasteiger partial charge in [0.2, 0.25) is 0 Å². The predicted octanol–water partition coefficient (Wildman–Crippen LogP) is 1.85. The van der Waals surface area contributed by atoms with Gasteiger partial charge in [0.15, 0.2) is 0 Å². The molecule has 5 heteroatoms. The molecule has 2 rings (SSSR count). The Labute approximate surface area is 95.8 Å². The number of nitrogens with zero attached hydrogens (tertiary/aromatic N) is 1. The standard InChI is InChI=1S/C11H11NO3S/c1-7-3-2-4-8-10(7)12(11(15)16-8)6-5-9(13)14/h2-4H,5-6H2,1H3,(H,13,14). The number of hydrogen-bond donors (Lipinski definition) is 1. The molecule has 1 aromatic carbocycles. The Kier molecular flexibility index (Phi) is 2.78. The lowest BCUT2D eigenvalue weighted by atomic mass is 10.2. The summed E-state index contributed by atoms with van der Waals surface area (Å²) in [5.74, 6) is -0.889. The summed E-state index contributed by atoms with van der Waals surface area (Å²) in [7, 11) is 0. The van der Waals surface area contributed by atoms with Crippen LogP contribution in [0.15, 0.2) is 23.0 Å². The van der Waals surface area contributed by atoms with Crippen molar-refractivity contribution in [3.8, 4) is 0 Å². The van der Waals surface area contributed by atoms with Crippen molar-refractivity contribution in [2.45, 2.75) is 19.9 Å². The Morgan fingerprint density at radius 3 is 2.94 bits per heavy atom. The Morgan fingerprint density at radius 1 is 1.50 bits per heavy atom. The lowest BCUT2D eigenvalue weighted by Gasteiger charge is -2.03. The molecule has 2 aromatic rings. The number of thiazole rings is 1. The molecule has 0 unspecified atom stereocenters. The van der Waals surface area contributed by atoms with E-state index < -0.39 is 5.97 Å². The third kappa shape index (κ3) is 1.86. The Hall–Kier alpha value is -1.62. The quantitative estimate of drug-likeness (QED) is 0.886. The van der Waals surface area contributed by atoms with Crippen LogP contribution in [0.4, 0.5) is 0 Å². The number of carboxylic acid groups (broad SMARTS) is 1. The number of aliphatic carboxylic acids is 1. The summed E-state index contributed by atoms with van der Waals surface area (Å²) in [5.41, 5.74) is 1.86. The minimum Gasteiger partial charge on any atom is -0.481 e. The fraction of sp³-hybridized carbons (Fsp3) is 0.273. The van der Waals surface area contributed by atoms with Gasteiger partial charge in [-0.05, 0) is 18.6 Å². The van der Waals surface area contributed by atoms with E-state index in [0.29, 0.717) is 0 Å². The summed E-state index contributed by atoms with van der Waals surface area (Å²) in [6, 6.07) is 5.70. The zero-order chi connectivity index (χ0) is 11.7. The molecule has 0 aliphatic rings. The van der Waals surface area contributed by atoms with Gasteiger partial charge in [0, 0.05) is 6.54 Å². The molecule has 0 fully saturated rings. The molecule has 0 atom stereocenters. The number of para-hydroxylation sites is 1. The smallest absolute Gasteiger partial charge is 0.308 e. The fourth-order valence-corrected chi connectivity index (χ4v) is 2.71. The molecule has 0 spiro atoms. The Morgan fingerprint density at radius 2 is 2.25 bits per heavy atom. The topological polar surface area (TPSA) is 59.3 Å². The predicted molar refractivity (Wildman–Crippen MR) is 63.1 cm³/mol. The molecule has 0 amide bonds. The normalized spacial score (nSPS) is 10.8. The summed E-state index contributed by atoms with van der Waals surface area (Å²) < 4.78 is 2.46. The molecule has 0 radical (unpaired) electrons. The van der Waals surface area contributed by atoms with Gasteiger partial charge < -0.3 is 5.11 Å². The first-order chi connectivity index (χ1) is 7.59. The number of fused-ring (bicyclic) bond motifs is 1. The second kappa shape index (κ2) is 4.09. The van der Waals surface area contributed by atoms with Crippen molar-refractivity contribution in [3.63, 3.8) is 0 Å². The van der Waals surface area contributed by atoms with Crippen LogP contribution in [0, 0.1) is 6.92 Å². The number of rotatable bonds is 3. The van der Waals surface area contributed by atoms with Crippen LogP contribution < -0.4 is 4.87 Å². The van der Waals surface area contributed by atoms with E-state index in [-0.39, 0.29) is 17.8 Å². The second-order valence-corrected chi connectivity index (χ2v) is 4.58. The third-order valence-electron chi connectivity index (χ3n) is 2.44. The van der Waals surface area contributed by atoms with E-state index in [1.54, 1.807) is 4.57 Å². The van der Waals surface area contributed by atoms with Gasteiger partial charge in [-0.3, -0.25) is 14.2 Å². The van der Waals surface area contributed by atoms with Crippen LogP contribution in [0.2, 0.25) is 0 Å². The minimum absolute atomic E-state index is 0.0277. The monoisotopic (exact) mass is 237 g/mol. The number of aryl methyl sites for hydroxylation is 2. The van der Waals surface area contributed by atoms with Crippen molar-refractivity contribution >= 4 is 27.5 Å². The summed E-state index contributed by atoms with van der Waals surface area (Å²) in [5, 5.41) is 8.63. The van der Waals surface area contributed by atoms with Gasteiger partial charge >= 0.3 is 10.8 Å². The zero-order valence-corrected chi connectivity index (χ0v) is 9.58. The maximum atomic E-state index is 11.7. The van der Waals surface area contributed by atoms with E-state index in [1.165, 1.54) is 0 Å². The van der Waals surface area contributed by atoms with Crippen LogP contribution in [0.1, 0.15) is 12.0 Å². The van der Waals surface area contributed by atoms with E-state index in [4.69, 9.17) is 5.11 Å². The highest BCUT2D eigenvalue weighted by Crippen LogP contribution is 2.20. The SMILES string of the molecule is Cc1cccc2sc(=O)n(CCC(=O)O)c12. The van der Waals surface area contributed by atoms with Gasteiger partial charge in [0.25, 0.3) is 0 Å². The minimum atomic E-state index is -0.889. The van der Waals surface area contributed by atoms with E-state index in [1.807, 2.05) is 25.1 Å². The molecule has 84 valence electrons. The van der Waals surface area contributed by atoms with Crippen molar-refractivity contribution in [1.82, 2.24) is 4.57 Å². The van der Waals surface area contributed by atoms with Crippen molar-refractivity contribution in [3.05, 3.63) is 33.4 Å². The first kappa shape index (κ1) is 10.9. The van der Waals surface area contributed by atoms with E-state index >= 15 is 0 Å². The van der Waals surface area contributed by atoms with E-state index in [2.05, 4.69) is 0 Å². The Bertz CT molecular complexity index is 597. The maximum absolute atomic E-state index is 11.7. The van der Waals surface area contributed by atoms with Crippen LogP contribution in [-0.2, 0) is 11.3 Å². The lowest BCUT2D eigenvalue weighted by Crippen LogP contribution is -2.15. The lowest BCUT2D eigenvalue weighted by molar-refractivity contribution is -0.137. The van der Waals surface area contributed by atoms with E-state index in [0.717, 1.165) is 27.1 Å². The average Bonchev–Trinajstić information content (AvgIpc) is 2.52. The third-order valence-corrected chi connectivity index (χ3v) is 3.38. The molecule has 0 aliphatic carbocycles. The average molecular weight is 237 g/mol. The molecule has 0 aliphatic heterocycles. The van der Waals surface area contributed by atoms with Gasteiger partial charge in [-0.2, -0.15) is 0 Å². The summed E-state index contributed by atoms with van der Waals surface area (Å²) in [4.78, 5) is 22.1. The maximum Gasteiger partial charge on any atom is 0.308 e. The number of carboxylic acids is 1. The highest BCUT2D eigenvalue weighted by atomic mass is 32.1. The van der Waals surface area contributed by atoms with Crippen LogP contribution in [-0.4, -0.2) is 15.6 Å². The molecular formula is C11H11NO3S. The van der Waals surface area contributed by atoms with Gasteiger partial charge in [0.1, 0.15) is 0 Å². The molecule has 0 saturated heterocycles. The number of carbonyl (C=O) groups is 1. The summed E-state index contributed by atoms with van der Waals surface area (Å²) in [6.07, 6.45) is -0.0277. The van der Waals surface area contributed by atoms with Crippen molar-refractivity contribution in [2.24, 2.45) is 0 Å². The van der Waals surface area contributed by atoms with Gasteiger partial charge in [-0.25, -0.2) is 0 Å². The van der Waals surface area contributed by atoms with Crippen LogP contribution in [0.3, 0.4) is 0 Å². The number of hydrogen-bond acceptors (Lipinski definition) is 3. The number of benzene rings is 1.